The molecule has 0 bridgehead atoms. The number of nitrogens with zero attached hydrogens (tertiary/aromatic N) is 4. The molecule has 2 rings (SSSR count). The lowest BCUT2D eigenvalue weighted by atomic mass is 10.1. The van der Waals surface area contributed by atoms with E-state index in [0.717, 1.165) is 11.3 Å². The second kappa shape index (κ2) is 5.19. The number of benzene rings is 1. The molecule has 0 amide bonds. The van der Waals surface area contributed by atoms with Gasteiger partial charge in [-0.3, -0.25) is 0 Å². The average Bonchev–Trinajstić information content (AvgIpc) is 2.86. The SMILES string of the molecule is COc1ccc(-c2cnnn2CC#N)cc1OC. The van der Waals surface area contributed by atoms with Gasteiger partial charge < -0.3 is 9.47 Å². The molecule has 0 fully saturated rings. The van der Waals surface area contributed by atoms with Crippen molar-refractivity contribution in [1.82, 2.24) is 15.0 Å². The van der Waals surface area contributed by atoms with Gasteiger partial charge in [0.05, 0.1) is 32.2 Å². The van der Waals surface area contributed by atoms with Gasteiger partial charge in [-0.15, -0.1) is 5.10 Å². The summed E-state index contributed by atoms with van der Waals surface area (Å²) in [6.07, 6.45) is 1.61. The zero-order chi connectivity index (χ0) is 13.0. The van der Waals surface area contributed by atoms with Gasteiger partial charge in [0.1, 0.15) is 6.54 Å². The Bertz CT molecular complexity index is 586. The van der Waals surface area contributed by atoms with Crippen LogP contribution in [0.4, 0.5) is 0 Å². The molecule has 0 N–H and O–H groups in total. The Morgan fingerprint density at radius 3 is 2.72 bits per heavy atom. The van der Waals surface area contributed by atoms with E-state index in [1.807, 2.05) is 18.2 Å². The van der Waals surface area contributed by atoms with Crippen LogP contribution in [0, 0.1) is 11.3 Å². The molecule has 0 saturated heterocycles. The van der Waals surface area contributed by atoms with Gasteiger partial charge in [-0.1, -0.05) is 5.21 Å². The van der Waals surface area contributed by atoms with E-state index in [9.17, 15) is 0 Å². The molecular formula is C12H12N4O2. The first-order valence-electron chi connectivity index (χ1n) is 5.28. The third-order valence-electron chi connectivity index (χ3n) is 2.52. The lowest BCUT2D eigenvalue weighted by molar-refractivity contribution is 0.355. The Morgan fingerprint density at radius 1 is 1.28 bits per heavy atom. The fraction of sp³-hybridized carbons (Fsp3) is 0.250. The average molecular weight is 244 g/mol. The molecular weight excluding hydrogens is 232 g/mol. The monoisotopic (exact) mass is 244 g/mol. The summed E-state index contributed by atoms with van der Waals surface area (Å²) in [4.78, 5) is 0. The molecule has 0 aliphatic carbocycles. The maximum absolute atomic E-state index is 8.71. The molecule has 6 heteroatoms. The third-order valence-corrected chi connectivity index (χ3v) is 2.52. The topological polar surface area (TPSA) is 73.0 Å². The number of aromatic nitrogens is 3. The summed E-state index contributed by atoms with van der Waals surface area (Å²) in [5.74, 6) is 1.28. The van der Waals surface area contributed by atoms with Crippen molar-refractivity contribution in [2.75, 3.05) is 14.2 Å². The zero-order valence-electron chi connectivity index (χ0n) is 10.1. The zero-order valence-corrected chi connectivity index (χ0v) is 10.1. The summed E-state index contributed by atoms with van der Waals surface area (Å²) in [5.41, 5.74) is 1.63. The first-order valence-corrected chi connectivity index (χ1v) is 5.28. The van der Waals surface area contributed by atoms with E-state index in [2.05, 4.69) is 10.3 Å². The number of ether oxygens (including phenoxy) is 2. The third kappa shape index (κ3) is 2.11. The van der Waals surface area contributed by atoms with E-state index in [-0.39, 0.29) is 6.54 Å². The maximum atomic E-state index is 8.71. The Labute approximate surface area is 104 Å². The van der Waals surface area contributed by atoms with Crippen molar-refractivity contribution in [3.05, 3.63) is 24.4 Å². The van der Waals surface area contributed by atoms with Crippen molar-refractivity contribution >= 4 is 0 Å². The number of hydrogen-bond donors (Lipinski definition) is 0. The van der Waals surface area contributed by atoms with E-state index >= 15 is 0 Å². The molecule has 2 aromatic rings. The van der Waals surface area contributed by atoms with Crippen molar-refractivity contribution in [2.45, 2.75) is 6.54 Å². The van der Waals surface area contributed by atoms with Crippen LogP contribution in [0.15, 0.2) is 24.4 Å². The van der Waals surface area contributed by atoms with Crippen molar-refractivity contribution in [3.63, 3.8) is 0 Å². The molecule has 0 saturated carbocycles. The molecule has 0 atom stereocenters. The van der Waals surface area contributed by atoms with Crippen LogP contribution < -0.4 is 9.47 Å². The minimum absolute atomic E-state index is 0.156. The first-order chi connectivity index (χ1) is 8.80. The lowest BCUT2D eigenvalue weighted by Gasteiger charge is -2.09. The van der Waals surface area contributed by atoms with Crippen LogP contribution in [0.3, 0.4) is 0 Å². The largest absolute Gasteiger partial charge is 0.493 e. The normalized spacial score (nSPS) is 9.83. The minimum atomic E-state index is 0.156. The highest BCUT2D eigenvalue weighted by atomic mass is 16.5. The molecule has 1 aromatic heterocycles. The van der Waals surface area contributed by atoms with Gasteiger partial charge in [-0.2, -0.15) is 5.26 Å². The van der Waals surface area contributed by atoms with Gasteiger partial charge in [0.25, 0.3) is 0 Å². The van der Waals surface area contributed by atoms with Crippen molar-refractivity contribution in [1.29, 1.82) is 5.26 Å². The molecule has 1 heterocycles. The van der Waals surface area contributed by atoms with Crippen molar-refractivity contribution < 1.29 is 9.47 Å². The molecule has 18 heavy (non-hydrogen) atoms. The number of hydrogen-bond acceptors (Lipinski definition) is 5. The standard InChI is InChI=1S/C12H12N4O2/c1-17-11-4-3-9(7-12(11)18-2)10-8-14-15-16(10)6-5-13/h3-4,7-8H,6H2,1-2H3. The Kier molecular flexibility index (Phi) is 3.44. The van der Waals surface area contributed by atoms with E-state index in [1.54, 1.807) is 26.5 Å². The predicted octanol–water partition coefficient (Wildman–Crippen LogP) is 1.49. The van der Waals surface area contributed by atoms with Crippen molar-refractivity contribution in [3.8, 4) is 28.8 Å². The molecule has 0 spiro atoms. The van der Waals surface area contributed by atoms with Gasteiger partial charge in [0.2, 0.25) is 0 Å². The van der Waals surface area contributed by atoms with E-state index in [1.165, 1.54) is 4.68 Å². The Morgan fingerprint density at radius 2 is 2.06 bits per heavy atom. The fourth-order valence-corrected chi connectivity index (χ4v) is 1.66. The lowest BCUT2D eigenvalue weighted by Crippen LogP contribution is -2.01. The number of nitriles is 1. The summed E-state index contributed by atoms with van der Waals surface area (Å²) in [6.45, 7) is 0.156. The smallest absolute Gasteiger partial charge is 0.161 e. The van der Waals surface area contributed by atoms with Crippen LogP contribution in [-0.2, 0) is 6.54 Å². The molecule has 0 aliphatic heterocycles. The molecule has 92 valence electrons. The molecule has 1 aromatic carbocycles. The molecule has 0 unspecified atom stereocenters. The Hall–Kier alpha value is -2.55. The van der Waals surface area contributed by atoms with E-state index in [4.69, 9.17) is 14.7 Å². The summed E-state index contributed by atoms with van der Waals surface area (Å²) in [6, 6.07) is 7.53. The summed E-state index contributed by atoms with van der Waals surface area (Å²) >= 11 is 0. The van der Waals surface area contributed by atoms with Gasteiger partial charge in [0, 0.05) is 5.56 Å². The molecule has 6 nitrogen and oxygen atoms in total. The highest BCUT2D eigenvalue weighted by Gasteiger charge is 2.10. The van der Waals surface area contributed by atoms with Crippen molar-refractivity contribution in [2.24, 2.45) is 0 Å². The summed E-state index contributed by atoms with van der Waals surface area (Å²) < 4.78 is 11.9. The number of methoxy groups -OCH3 is 2. The summed E-state index contributed by atoms with van der Waals surface area (Å²) in [5, 5.41) is 16.4. The van der Waals surface area contributed by atoms with Gasteiger partial charge in [0.15, 0.2) is 11.5 Å². The molecule has 0 aliphatic rings. The fourth-order valence-electron chi connectivity index (χ4n) is 1.66. The van der Waals surface area contributed by atoms with Crippen LogP contribution >= 0.6 is 0 Å². The highest BCUT2D eigenvalue weighted by Crippen LogP contribution is 2.31. The van der Waals surface area contributed by atoms with Gasteiger partial charge >= 0.3 is 0 Å². The second-order valence-corrected chi connectivity index (χ2v) is 3.50. The predicted molar refractivity (Wildman–Crippen MR) is 64.2 cm³/mol. The van der Waals surface area contributed by atoms with Crippen LogP contribution in [0.1, 0.15) is 0 Å². The highest BCUT2D eigenvalue weighted by molar-refractivity contribution is 5.63. The van der Waals surface area contributed by atoms with Gasteiger partial charge in [-0.25, -0.2) is 4.68 Å². The minimum Gasteiger partial charge on any atom is -0.493 e. The van der Waals surface area contributed by atoms with Crippen LogP contribution in [0.25, 0.3) is 11.3 Å². The van der Waals surface area contributed by atoms with E-state index < -0.39 is 0 Å². The second-order valence-electron chi connectivity index (χ2n) is 3.50. The molecule has 0 radical (unpaired) electrons. The summed E-state index contributed by atoms with van der Waals surface area (Å²) in [7, 11) is 3.16. The maximum Gasteiger partial charge on any atom is 0.161 e. The first kappa shape index (κ1) is 11.9. The Balaban J connectivity index is 2.45. The quantitative estimate of drug-likeness (QED) is 0.814. The van der Waals surface area contributed by atoms with Crippen LogP contribution in [0.5, 0.6) is 11.5 Å². The van der Waals surface area contributed by atoms with E-state index in [0.29, 0.717) is 11.5 Å². The van der Waals surface area contributed by atoms with Gasteiger partial charge in [-0.05, 0) is 18.2 Å². The number of rotatable bonds is 4. The van der Waals surface area contributed by atoms with Crippen LogP contribution in [-0.4, -0.2) is 29.2 Å². The van der Waals surface area contributed by atoms with Crippen LogP contribution in [0.2, 0.25) is 0 Å².